The van der Waals surface area contributed by atoms with Crippen molar-refractivity contribution in [1.29, 1.82) is 0 Å². The molecule has 4 amide bonds. The van der Waals surface area contributed by atoms with E-state index in [0.29, 0.717) is 5.54 Å². The van der Waals surface area contributed by atoms with Gasteiger partial charge in [0, 0.05) is 5.54 Å². The van der Waals surface area contributed by atoms with E-state index in [2.05, 4.69) is 56.9 Å². The van der Waals surface area contributed by atoms with Crippen LogP contribution < -0.4 is 11.5 Å². The van der Waals surface area contributed by atoms with Crippen LogP contribution in [0.1, 0.15) is 56.9 Å². The molecule has 142 valence electrons. The fourth-order valence-corrected chi connectivity index (χ4v) is 4.09. The van der Waals surface area contributed by atoms with E-state index in [1.54, 1.807) is 5.56 Å². The molecule has 1 saturated carbocycles. The number of urea groups is 2. The Morgan fingerprint density at radius 1 is 0.808 bits per heavy atom. The summed E-state index contributed by atoms with van der Waals surface area (Å²) in [5.41, 5.74) is 10.8. The predicted octanol–water partition coefficient (Wildman–Crippen LogP) is 3.93. The summed E-state index contributed by atoms with van der Waals surface area (Å²) in [5, 5.41) is 5.23. The zero-order valence-electron chi connectivity index (χ0n) is 15.3. The van der Waals surface area contributed by atoms with Crippen LogP contribution >= 0.6 is 0 Å². The average molecular weight is 359 g/mol. The lowest BCUT2D eigenvalue weighted by molar-refractivity contribution is 0.0303. The molecule has 0 unspecified atom stereocenters. The molecule has 1 heterocycles. The molecule has 1 saturated heterocycles. The Balaban J connectivity index is 0.000000260. The van der Waals surface area contributed by atoms with Crippen molar-refractivity contribution < 1.29 is 9.59 Å². The number of nitrogens with zero attached hydrogens (tertiary/aromatic N) is 3. The maximum absolute atomic E-state index is 9.66. The Morgan fingerprint density at radius 2 is 1.31 bits per heavy atom. The van der Waals surface area contributed by atoms with Crippen molar-refractivity contribution in [3.8, 4) is 0 Å². The first-order valence-electron chi connectivity index (χ1n) is 9.36. The van der Waals surface area contributed by atoms with Gasteiger partial charge in [0.2, 0.25) is 0 Å². The van der Waals surface area contributed by atoms with Crippen molar-refractivity contribution in [2.45, 2.75) is 56.9 Å². The van der Waals surface area contributed by atoms with Crippen LogP contribution in [0.2, 0.25) is 0 Å². The Kier molecular flexibility index (Phi) is 7.72. The molecule has 7 heteroatoms. The minimum atomic E-state index is -1.04. The first-order valence-corrected chi connectivity index (χ1v) is 9.36. The summed E-state index contributed by atoms with van der Waals surface area (Å²) in [6.45, 7) is 2.63. The third-order valence-electron chi connectivity index (χ3n) is 5.20. The number of nitrogens with two attached hydrogens (primary N) is 2. The van der Waals surface area contributed by atoms with Gasteiger partial charge >= 0.3 is 12.1 Å². The van der Waals surface area contributed by atoms with Crippen LogP contribution in [-0.2, 0) is 5.54 Å². The van der Waals surface area contributed by atoms with Crippen LogP contribution in [0.5, 0.6) is 0 Å². The van der Waals surface area contributed by atoms with Crippen LogP contribution in [0, 0.1) is 0 Å². The van der Waals surface area contributed by atoms with Gasteiger partial charge in [-0.25, -0.2) is 9.59 Å². The van der Waals surface area contributed by atoms with Crippen LogP contribution in [0.25, 0.3) is 0 Å². The first kappa shape index (κ1) is 20.0. The number of carbonyl (C=O) groups is 2. The van der Waals surface area contributed by atoms with Crippen molar-refractivity contribution in [3.63, 3.8) is 0 Å². The molecule has 26 heavy (non-hydrogen) atoms. The number of azo groups is 1. The Morgan fingerprint density at radius 3 is 1.81 bits per heavy atom. The maximum atomic E-state index is 9.66. The standard InChI is InChI=1S/C17H25N.C2H4N4O2/c1-4-10-16(11-5-1)17(12-6-2-7-13-17)18-14-8-3-9-15-18;3-1(7)5-6-2(4)8/h1,4-5,10-11H,2-3,6-9,12-15H2;(H2,3,7)(H2,4,8). The second-order valence-electron chi connectivity index (χ2n) is 6.88. The Hall–Kier alpha value is -2.28. The van der Waals surface area contributed by atoms with Gasteiger partial charge in [-0.05, 0) is 44.3 Å². The van der Waals surface area contributed by atoms with Gasteiger partial charge in [0.05, 0.1) is 0 Å². The molecule has 4 N–H and O–H groups in total. The second kappa shape index (κ2) is 10.0. The molecular formula is C19H29N5O2. The van der Waals surface area contributed by atoms with Crippen molar-refractivity contribution >= 4 is 12.1 Å². The molecule has 1 aliphatic carbocycles. The minimum absolute atomic E-state index is 0.375. The fourth-order valence-electron chi connectivity index (χ4n) is 4.09. The highest BCUT2D eigenvalue weighted by atomic mass is 16.2. The van der Waals surface area contributed by atoms with Crippen LogP contribution in [0.3, 0.4) is 0 Å². The van der Waals surface area contributed by atoms with E-state index >= 15 is 0 Å². The zero-order valence-corrected chi connectivity index (χ0v) is 15.3. The third kappa shape index (κ3) is 5.62. The van der Waals surface area contributed by atoms with Gasteiger partial charge in [-0.15, -0.1) is 0 Å². The van der Waals surface area contributed by atoms with Crippen molar-refractivity contribution in [2.75, 3.05) is 13.1 Å². The normalized spacial score (nSPS) is 20.2. The number of benzene rings is 1. The number of primary amides is 2. The summed E-state index contributed by atoms with van der Waals surface area (Å²) >= 11 is 0. The third-order valence-corrected chi connectivity index (χ3v) is 5.20. The van der Waals surface area contributed by atoms with Gasteiger partial charge < -0.3 is 11.5 Å². The van der Waals surface area contributed by atoms with E-state index in [0.717, 1.165) is 0 Å². The molecule has 0 atom stereocenters. The molecule has 1 aromatic carbocycles. The van der Waals surface area contributed by atoms with Crippen molar-refractivity contribution in [2.24, 2.45) is 21.7 Å². The number of carbonyl (C=O) groups excluding carboxylic acids is 2. The van der Waals surface area contributed by atoms with E-state index in [4.69, 9.17) is 0 Å². The monoisotopic (exact) mass is 359 g/mol. The van der Waals surface area contributed by atoms with Gasteiger partial charge in [0.25, 0.3) is 0 Å². The topological polar surface area (TPSA) is 114 Å². The van der Waals surface area contributed by atoms with E-state index in [9.17, 15) is 9.59 Å². The molecule has 2 aliphatic rings. The maximum Gasteiger partial charge on any atom is 0.357 e. The molecule has 2 fully saturated rings. The molecule has 0 aromatic heterocycles. The highest BCUT2D eigenvalue weighted by Crippen LogP contribution is 2.43. The smallest absolute Gasteiger partial charge is 0.348 e. The number of likely N-dealkylation sites (tertiary alicyclic amines) is 1. The number of hydrogen-bond acceptors (Lipinski definition) is 3. The molecule has 3 rings (SSSR count). The number of rotatable bonds is 2. The lowest BCUT2D eigenvalue weighted by atomic mass is 9.74. The van der Waals surface area contributed by atoms with E-state index in [1.807, 2.05) is 0 Å². The molecular weight excluding hydrogens is 330 g/mol. The minimum Gasteiger partial charge on any atom is -0.348 e. The van der Waals surface area contributed by atoms with Gasteiger partial charge in [0.15, 0.2) is 0 Å². The van der Waals surface area contributed by atoms with E-state index < -0.39 is 12.1 Å². The van der Waals surface area contributed by atoms with Crippen LogP contribution in [0.15, 0.2) is 40.6 Å². The van der Waals surface area contributed by atoms with Crippen molar-refractivity contribution in [3.05, 3.63) is 35.9 Å². The summed E-state index contributed by atoms with van der Waals surface area (Å²) in [4.78, 5) is 22.1. The summed E-state index contributed by atoms with van der Waals surface area (Å²) in [5.74, 6) is 0. The molecule has 0 spiro atoms. The van der Waals surface area contributed by atoms with E-state index in [1.165, 1.54) is 64.5 Å². The lowest BCUT2D eigenvalue weighted by Gasteiger charge is -2.48. The summed E-state index contributed by atoms with van der Waals surface area (Å²) < 4.78 is 0. The molecule has 7 nitrogen and oxygen atoms in total. The summed E-state index contributed by atoms with van der Waals surface area (Å²) in [7, 11) is 0. The van der Waals surface area contributed by atoms with Crippen LogP contribution in [-0.4, -0.2) is 30.1 Å². The highest BCUT2D eigenvalue weighted by molar-refractivity contribution is 5.77. The van der Waals surface area contributed by atoms with E-state index in [-0.39, 0.29) is 0 Å². The predicted molar refractivity (Wildman–Crippen MR) is 101 cm³/mol. The van der Waals surface area contributed by atoms with Crippen molar-refractivity contribution in [1.82, 2.24) is 4.90 Å². The lowest BCUT2D eigenvalue weighted by Crippen LogP contribution is -2.49. The summed E-state index contributed by atoms with van der Waals surface area (Å²) in [6, 6.07) is 9.23. The van der Waals surface area contributed by atoms with Gasteiger partial charge in [-0.2, -0.15) is 0 Å². The first-order chi connectivity index (χ1) is 12.5. The average Bonchev–Trinajstić information content (AvgIpc) is 2.69. The quantitative estimate of drug-likeness (QED) is 0.780. The number of piperidine rings is 1. The SMILES string of the molecule is NC(=O)N=NC(N)=O.c1ccc(C2(N3CCCCC3)CCCCC2)cc1. The fraction of sp³-hybridized carbons (Fsp3) is 0.579. The summed E-state index contributed by atoms with van der Waals surface area (Å²) in [6.07, 6.45) is 11.2. The molecule has 0 bridgehead atoms. The zero-order chi connectivity index (χ0) is 18.8. The number of hydrogen-bond donors (Lipinski definition) is 2. The molecule has 1 aromatic rings. The second-order valence-corrected chi connectivity index (χ2v) is 6.88. The molecule has 0 radical (unpaired) electrons. The number of amides is 4. The Labute approximate surface area is 154 Å². The van der Waals surface area contributed by atoms with Crippen LogP contribution in [0.4, 0.5) is 9.59 Å². The Bertz CT molecular complexity index is 590. The largest absolute Gasteiger partial charge is 0.357 e. The van der Waals surface area contributed by atoms with Gasteiger partial charge in [-0.3, -0.25) is 4.90 Å². The van der Waals surface area contributed by atoms with Gasteiger partial charge in [0.1, 0.15) is 0 Å². The molecule has 1 aliphatic heterocycles. The van der Waals surface area contributed by atoms with Gasteiger partial charge in [-0.1, -0.05) is 66.2 Å². The highest BCUT2D eigenvalue weighted by Gasteiger charge is 2.39.